The smallest absolute Gasteiger partial charge is 0.334 e. The van der Waals surface area contributed by atoms with Crippen molar-refractivity contribution in [1.29, 1.82) is 0 Å². The van der Waals surface area contributed by atoms with Crippen LogP contribution in [0.1, 0.15) is 70.4 Å². The van der Waals surface area contributed by atoms with Crippen LogP contribution in [0.4, 0.5) is 29.2 Å². The largest absolute Gasteiger partial charge is 0.354 e. The molecule has 5 heterocycles. The van der Waals surface area contributed by atoms with Gasteiger partial charge < -0.3 is 25.7 Å². The molecule has 0 radical (unpaired) electrons. The summed E-state index contributed by atoms with van der Waals surface area (Å²) in [6.07, 6.45) is 3.43. The number of fused-ring (bicyclic) bond motifs is 7. The molecule has 7 rings (SSSR count). The number of likely N-dealkylation sites (N-methyl/N-ethyl adjacent to an activating group) is 1. The first kappa shape index (κ1) is 40.7. The molecule has 1 aromatic heterocycles. The molecule has 1 fully saturated rings. The zero-order valence-electron chi connectivity index (χ0n) is 32.3. The molecule has 2 amide bonds. The monoisotopic (exact) mass is 838 g/mol. The van der Waals surface area contributed by atoms with Gasteiger partial charge >= 0.3 is 5.97 Å². The van der Waals surface area contributed by atoms with Gasteiger partial charge in [0.2, 0.25) is 23.5 Å². The Hall–Kier alpha value is -5.51. The normalized spacial score (nSPS) is 21.6. The highest BCUT2D eigenvalue weighted by atomic mass is 32.2. The van der Waals surface area contributed by atoms with Gasteiger partial charge in [0.1, 0.15) is 0 Å². The van der Waals surface area contributed by atoms with Crippen molar-refractivity contribution in [3.63, 3.8) is 0 Å². The average molecular weight is 839 g/mol. The lowest BCUT2D eigenvalue weighted by Gasteiger charge is -2.30. The molecule has 0 aliphatic carbocycles. The number of aromatic nitrogens is 3. The van der Waals surface area contributed by atoms with Crippen LogP contribution in [-0.2, 0) is 50.3 Å². The fourth-order valence-corrected chi connectivity index (χ4v) is 9.00. The van der Waals surface area contributed by atoms with Crippen LogP contribution in [0.5, 0.6) is 0 Å². The Bertz CT molecular complexity index is 2510. The second-order valence-electron chi connectivity index (χ2n) is 15.2. The van der Waals surface area contributed by atoms with Crippen LogP contribution in [-0.4, -0.2) is 107 Å². The number of nitrogens with zero attached hydrogens (tertiary/aromatic N) is 6. The summed E-state index contributed by atoms with van der Waals surface area (Å²) in [5.74, 6) is -1.32. The summed E-state index contributed by atoms with van der Waals surface area (Å²) >= 11 is 0. The topological polar surface area (TPSA) is 253 Å². The maximum Gasteiger partial charge on any atom is 0.334 e. The summed E-state index contributed by atoms with van der Waals surface area (Å²) in [4.78, 5) is 56.1. The van der Waals surface area contributed by atoms with E-state index in [1.165, 1.54) is 24.3 Å². The molecular weight excluding hydrogens is 795 g/mol. The molecule has 0 spiro atoms. The van der Waals surface area contributed by atoms with Gasteiger partial charge in [-0.05, 0) is 69.5 Å². The number of hydrogen-bond acceptors (Lipinski definition) is 15. The molecule has 1 atom stereocenters. The molecule has 308 valence electrons. The Labute approximate surface area is 335 Å². The van der Waals surface area contributed by atoms with Crippen LogP contribution in [0.2, 0.25) is 0 Å². The van der Waals surface area contributed by atoms with E-state index >= 15 is 0 Å². The fraction of sp³-hybridized carbons (Fsp3) is 0.432. The molecule has 19 nitrogen and oxygen atoms in total. The number of amides is 2. The van der Waals surface area contributed by atoms with Crippen LogP contribution < -0.4 is 20.9 Å². The van der Waals surface area contributed by atoms with Crippen molar-refractivity contribution in [2.75, 3.05) is 54.1 Å². The number of hydrogen-bond donors (Lipinski definition) is 5. The third-order valence-corrected chi connectivity index (χ3v) is 12.7. The standard InChI is InChI=1S/C37H43N9O10S2/c1-36(2)24-19-22(57(50,51)52)8-10-27(24)45-18-6-16-39-34-41-33(42-35(43-34)40-17-13-32(49)56-46-30(47)11-12-31(46)48)38-15-5-14-37(3)25-20-23(58(53,54)55)7-9-26(25)44(4)29(37)21-28(36)45/h7-10,19-21H,5-6,11-18H2,1-4H3,(H4-,38,39,40,41,42,43,50,51,52,53,54,55)/p+1. The first-order valence-electron chi connectivity index (χ1n) is 18.7. The number of carbonyl (C=O) groups is 3. The van der Waals surface area contributed by atoms with Gasteiger partial charge in [0.25, 0.3) is 32.1 Å². The first-order chi connectivity index (χ1) is 27.3. The van der Waals surface area contributed by atoms with Gasteiger partial charge in [0.15, 0.2) is 12.3 Å². The van der Waals surface area contributed by atoms with Crippen molar-refractivity contribution in [2.24, 2.45) is 0 Å². The first-order valence-corrected chi connectivity index (χ1v) is 21.5. The summed E-state index contributed by atoms with van der Waals surface area (Å²) in [7, 11) is -7.13. The number of rotatable bonds is 7. The number of carbonyl (C=O) groups excluding carboxylic acids is 3. The summed E-state index contributed by atoms with van der Waals surface area (Å²) in [5.41, 5.74) is 3.06. The third-order valence-electron chi connectivity index (χ3n) is 11.0. The van der Waals surface area contributed by atoms with Gasteiger partial charge in [-0.25, -0.2) is 4.79 Å². The van der Waals surface area contributed by atoms with Crippen molar-refractivity contribution in [3.05, 3.63) is 59.3 Å². The summed E-state index contributed by atoms with van der Waals surface area (Å²) in [5, 5.41) is 9.95. The Kier molecular flexibility index (Phi) is 10.5. The van der Waals surface area contributed by atoms with E-state index in [0.717, 1.165) is 22.8 Å². The lowest BCUT2D eigenvalue weighted by atomic mass is 9.75. The van der Waals surface area contributed by atoms with E-state index in [4.69, 9.17) is 4.84 Å². The molecule has 21 heteroatoms. The van der Waals surface area contributed by atoms with E-state index in [1.807, 2.05) is 32.7 Å². The SMILES string of the molecule is CN1/C2=C/C3=[N+](CCCNc4nc(nc(NCCC(=O)ON5C(=O)CCC5=O)n4)NCCCC2(C)c2cc(S(=O)(=O)O)ccc21)c1ccc(S(=O)(=O)O)cc1C3(C)C. The lowest BCUT2D eigenvalue weighted by molar-refractivity contribution is -0.437. The van der Waals surface area contributed by atoms with Crippen molar-refractivity contribution in [3.8, 4) is 0 Å². The van der Waals surface area contributed by atoms with E-state index < -0.39 is 48.8 Å². The predicted octanol–water partition coefficient (Wildman–Crippen LogP) is 3.15. The number of anilines is 4. The van der Waals surface area contributed by atoms with Crippen molar-refractivity contribution in [1.82, 2.24) is 20.0 Å². The number of hydroxylamine groups is 2. The minimum atomic E-state index is -4.53. The second kappa shape index (κ2) is 15.0. The quantitative estimate of drug-likeness (QED) is 0.130. The number of nitrogens with one attached hydrogen (secondary N) is 3. The van der Waals surface area contributed by atoms with E-state index in [1.54, 1.807) is 12.1 Å². The van der Waals surface area contributed by atoms with Gasteiger partial charge in [-0.3, -0.25) is 18.7 Å². The molecule has 4 aliphatic rings. The van der Waals surface area contributed by atoms with E-state index in [2.05, 4.69) is 41.6 Å². The van der Waals surface area contributed by atoms with Crippen LogP contribution in [0, 0.1) is 0 Å². The van der Waals surface area contributed by atoms with Crippen LogP contribution in [0.25, 0.3) is 0 Å². The Morgan fingerprint density at radius 1 is 0.897 bits per heavy atom. The highest BCUT2D eigenvalue weighted by Crippen LogP contribution is 2.51. The Morgan fingerprint density at radius 2 is 1.50 bits per heavy atom. The molecule has 5 N–H and O–H groups in total. The van der Waals surface area contributed by atoms with Crippen LogP contribution >= 0.6 is 0 Å². The number of benzene rings is 2. The van der Waals surface area contributed by atoms with Crippen molar-refractivity contribution in [2.45, 2.75) is 79.9 Å². The van der Waals surface area contributed by atoms with Gasteiger partial charge in [-0.15, -0.1) is 5.06 Å². The van der Waals surface area contributed by atoms with Crippen LogP contribution in [0.3, 0.4) is 0 Å². The van der Waals surface area contributed by atoms with Crippen LogP contribution in [0.15, 0.2) is 58.0 Å². The van der Waals surface area contributed by atoms with Crippen molar-refractivity contribution >= 4 is 73.0 Å². The highest BCUT2D eigenvalue weighted by molar-refractivity contribution is 7.86. The summed E-state index contributed by atoms with van der Waals surface area (Å²) in [6.45, 7) is 7.23. The molecular formula is C37H44N9O10S2+. The summed E-state index contributed by atoms with van der Waals surface area (Å²) in [6, 6.07) is 9.08. The molecule has 2 aromatic carbocycles. The van der Waals surface area contributed by atoms with E-state index in [9.17, 15) is 40.3 Å². The minimum absolute atomic E-state index is 0.0161. The molecule has 1 unspecified atom stereocenters. The molecule has 4 aliphatic heterocycles. The van der Waals surface area contributed by atoms with Gasteiger partial charge in [0.05, 0.1) is 21.6 Å². The lowest BCUT2D eigenvalue weighted by Crippen LogP contribution is -2.33. The molecule has 3 aromatic rings. The van der Waals surface area contributed by atoms with E-state index in [-0.39, 0.29) is 53.4 Å². The fourth-order valence-electron chi connectivity index (χ4n) is 7.99. The molecule has 1 saturated heterocycles. The third kappa shape index (κ3) is 7.73. The zero-order valence-corrected chi connectivity index (χ0v) is 33.9. The molecule has 0 saturated carbocycles. The maximum absolute atomic E-state index is 12.4. The number of imide groups is 1. The Balaban J connectivity index is 1.23. The predicted molar refractivity (Wildman–Crippen MR) is 210 cm³/mol. The maximum atomic E-state index is 12.4. The zero-order chi connectivity index (χ0) is 41.8. The average Bonchev–Trinajstić information content (AvgIpc) is 3.66. The van der Waals surface area contributed by atoms with E-state index in [0.29, 0.717) is 55.1 Å². The highest BCUT2D eigenvalue weighted by Gasteiger charge is 2.49. The summed E-state index contributed by atoms with van der Waals surface area (Å²) < 4.78 is 71.3. The number of allylic oxidation sites excluding steroid dienone is 2. The van der Waals surface area contributed by atoms with Gasteiger partial charge in [-0.1, -0.05) is 0 Å². The Morgan fingerprint density at radius 3 is 2.14 bits per heavy atom. The molecule has 58 heavy (non-hydrogen) atoms. The van der Waals surface area contributed by atoms with Gasteiger partial charge in [-0.2, -0.15) is 36.4 Å². The minimum Gasteiger partial charge on any atom is -0.354 e. The van der Waals surface area contributed by atoms with Gasteiger partial charge in [0, 0.05) is 80.4 Å². The van der Waals surface area contributed by atoms with Crippen molar-refractivity contribution < 1.29 is 49.7 Å². The molecule has 2 bridgehead atoms. The second-order valence-corrected chi connectivity index (χ2v) is 18.1.